The quantitative estimate of drug-likeness (QED) is 0.256. The Morgan fingerprint density at radius 2 is 1.92 bits per heavy atom. The zero-order valence-corrected chi connectivity index (χ0v) is 9.44. The zero-order chi connectivity index (χ0) is 9.94. The molecule has 0 N–H and O–H groups in total. The normalized spacial score (nSPS) is 10.1. The van der Waals surface area contributed by atoms with Crippen molar-refractivity contribution < 1.29 is 13.6 Å². The first-order valence-corrected chi connectivity index (χ1v) is 6.37. The zero-order valence-electron chi connectivity index (χ0n) is 8.28. The molecule has 0 aromatic carbocycles. The molecule has 0 radical (unpaired) electrons. The SMILES string of the molecule is CCO[SiH](CCCN=C=O)OCC. The first kappa shape index (κ1) is 12.5. The van der Waals surface area contributed by atoms with Crippen LogP contribution < -0.4 is 0 Å². The van der Waals surface area contributed by atoms with Crippen molar-refractivity contribution in [1.82, 2.24) is 0 Å². The van der Waals surface area contributed by atoms with Crippen LogP contribution in [0.5, 0.6) is 0 Å². The van der Waals surface area contributed by atoms with Gasteiger partial charge < -0.3 is 8.85 Å². The van der Waals surface area contributed by atoms with Gasteiger partial charge in [0.15, 0.2) is 0 Å². The molecule has 0 amide bonds. The number of hydrogen-bond acceptors (Lipinski definition) is 4. The molecule has 5 heteroatoms. The number of aliphatic imine (C=N–C) groups is 1. The predicted molar refractivity (Wildman–Crippen MR) is 52.8 cm³/mol. The maximum Gasteiger partial charge on any atom is 0.321 e. The monoisotopic (exact) mass is 203 g/mol. The average Bonchev–Trinajstić information content (AvgIpc) is 2.13. The first-order chi connectivity index (χ1) is 6.35. The maximum atomic E-state index is 9.76. The van der Waals surface area contributed by atoms with Gasteiger partial charge in [0.1, 0.15) is 0 Å². The van der Waals surface area contributed by atoms with E-state index in [-0.39, 0.29) is 0 Å². The van der Waals surface area contributed by atoms with Crippen LogP contribution in [0.1, 0.15) is 20.3 Å². The molecule has 0 saturated heterocycles. The van der Waals surface area contributed by atoms with Gasteiger partial charge in [-0.1, -0.05) is 0 Å². The minimum atomic E-state index is -1.47. The van der Waals surface area contributed by atoms with E-state index < -0.39 is 9.28 Å². The third-order valence-corrected chi connectivity index (χ3v) is 3.77. The lowest BCUT2D eigenvalue weighted by molar-refractivity contribution is 0.213. The van der Waals surface area contributed by atoms with E-state index >= 15 is 0 Å². The minimum absolute atomic E-state index is 0.535. The van der Waals surface area contributed by atoms with E-state index in [0.29, 0.717) is 19.8 Å². The Bertz CT molecular complexity index is 153. The Kier molecular flexibility index (Phi) is 9.25. The van der Waals surface area contributed by atoms with Crippen molar-refractivity contribution in [3.8, 4) is 0 Å². The van der Waals surface area contributed by atoms with Crippen LogP contribution in [0.2, 0.25) is 6.04 Å². The van der Waals surface area contributed by atoms with Crippen LogP contribution in [-0.2, 0) is 13.6 Å². The van der Waals surface area contributed by atoms with Crippen molar-refractivity contribution in [2.75, 3.05) is 19.8 Å². The number of hydrogen-bond donors (Lipinski definition) is 0. The van der Waals surface area contributed by atoms with Crippen LogP contribution in [-0.4, -0.2) is 35.1 Å². The smallest absolute Gasteiger partial charge is 0.321 e. The van der Waals surface area contributed by atoms with E-state index in [1.807, 2.05) is 13.8 Å². The summed E-state index contributed by atoms with van der Waals surface area (Å²) < 4.78 is 10.9. The fourth-order valence-corrected chi connectivity index (χ4v) is 2.66. The van der Waals surface area contributed by atoms with Crippen LogP contribution in [0.3, 0.4) is 0 Å². The molecule has 0 saturated carbocycles. The predicted octanol–water partition coefficient (Wildman–Crippen LogP) is 1.01. The summed E-state index contributed by atoms with van der Waals surface area (Å²) in [6.07, 6.45) is 2.37. The lowest BCUT2D eigenvalue weighted by atomic mass is 10.5. The summed E-state index contributed by atoms with van der Waals surface area (Å²) in [6.45, 7) is 5.86. The highest BCUT2D eigenvalue weighted by atomic mass is 28.3. The highest BCUT2D eigenvalue weighted by molar-refractivity contribution is 6.44. The second-order valence-corrected chi connectivity index (χ2v) is 4.56. The number of nitrogens with zero attached hydrogens (tertiary/aromatic N) is 1. The number of isocyanates is 1. The molecule has 4 nitrogen and oxygen atoms in total. The Labute approximate surface area is 80.8 Å². The number of carbonyl (C=O) groups excluding carboxylic acids is 1. The van der Waals surface area contributed by atoms with Gasteiger partial charge in [-0.05, 0) is 26.3 Å². The molecule has 0 rings (SSSR count). The van der Waals surface area contributed by atoms with E-state index in [1.54, 1.807) is 0 Å². The van der Waals surface area contributed by atoms with Gasteiger partial charge in [0.2, 0.25) is 6.08 Å². The van der Waals surface area contributed by atoms with Gasteiger partial charge in [0, 0.05) is 13.2 Å². The Balaban J connectivity index is 3.48. The highest BCUT2D eigenvalue weighted by Crippen LogP contribution is 2.01. The third-order valence-electron chi connectivity index (χ3n) is 1.48. The Morgan fingerprint density at radius 1 is 1.31 bits per heavy atom. The molecule has 0 aromatic heterocycles. The molecule has 0 spiro atoms. The summed E-state index contributed by atoms with van der Waals surface area (Å²) in [4.78, 5) is 13.2. The summed E-state index contributed by atoms with van der Waals surface area (Å²) >= 11 is 0. The van der Waals surface area contributed by atoms with Gasteiger partial charge in [-0.25, -0.2) is 9.79 Å². The summed E-state index contributed by atoms with van der Waals surface area (Å²) in [5.41, 5.74) is 0. The molecular weight excluding hydrogens is 186 g/mol. The van der Waals surface area contributed by atoms with E-state index in [1.165, 1.54) is 6.08 Å². The summed E-state index contributed by atoms with van der Waals surface area (Å²) in [5, 5.41) is 0. The fraction of sp³-hybridized carbons (Fsp3) is 0.875. The molecule has 0 aromatic rings. The van der Waals surface area contributed by atoms with Crippen molar-refractivity contribution in [1.29, 1.82) is 0 Å². The van der Waals surface area contributed by atoms with Gasteiger partial charge in [0.05, 0.1) is 6.54 Å². The summed E-state index contributed by atoms with van der Waals surface area (Å²) in [6, 6.07) is 0.910. The molecule has 0 aliphatic rings. The molecule has 0 fully saturated rings. The van der Waals surface area contributed by atoms with E-state index in [9.17, 15) is 4.79 Å². The lowest BCUT2D eigenvalue weighted by Crippen LogP contribution is -2.22. The van der Waals surface area contributed by atoms with Crippen LogP contribution in [0.4, 0.5) is 0 Å². The van der Waals surface area contributed by atoms with E-state index in [4.69, 9.17) is 8.85 Å². The average molecular weight is 203 g/mol. The van der Waals surface area contributed by atoms with E-state index in [2.05, 4.69) is 4.99 Å². The molecule has 76 valence electrons. The number of rotatable bonds is 8. The fourth-order valence-electron chi connectivity index (χ4n) is 0.969. The topological polar surface area (TPSA) is 47.9 Å². The molecule has 0 heterocycles. The van der Waals surface area contributed by atoms with Gasteiger partial charge in [0.25, 0.3) is 0 Å². The molecule has 13 heavy (non-hydrogen) atoms. The lowest BCUT2D eigenvalue weighted by Gasteiger charge is -2.13. The third kappa shape index (κ3) is 7.86. The van der Waals surface area contributed by atoms with Crippen LogP contribution in [0.15, 0.2) is 4.99 Å². The van der Waals surface area contributed by atoms with Gasteiger partial charge in [-0.3, -0.25) is 0 Å². The largest absolute Gasteiger partial charge is 0.397 e. The van der Waals surface area contributed by atoms with Gasteiger partial charge in [-0.2, -0.15) is 0 Å². The van der Waals surface area contributed by atoms with Crippen molar-refractivity contribution in [2.45, 2.75) is 26.3 Å². The van der Waals surface area contributed by atoms with Crippen molar-refractivity contribution in [3.05, 3.63) is 0 Å². The second-order valence-electron chi connectivity index (χ2n) is 2.46. The van der Waals surface area contributed by atoms with Crippen LogP contribution in [0.25, 0.3) is 0 Å². The molecule has 0 aliphatic carbocycles. The molecule has 0 atom stereocenters. The standard InChI is InChI=1S/C8H17NO3Si/c1-3-11-13(12-4-2)7-5-6-9-8-10/h13H,3-7H2,1-2H3. The molecule has 0 unspecified atom stereocenters. The maximum absolute atomic E-state index is 9.76. The molecular formula is C8H17NO3Si. The second kappa shape index (κ2) is 9.60. The van der Waals surface area contributed by atoms with Crippen molar-refractivity contribution in [2.24, 2.45) is 4.99 Å². The molecule has 0 bridgehead atoms. The van der Waals surface area contributed by atoms with E-state index in [0.717, 1.165) is 12.5 Å². The van der Waals surface area contributed by atoms with Crippen molar-refractivity contribution in [3.63, 3.8) is 0 Å². The van der Waals surface area contributed by atoms with Crippen LogP contribution in [0, 0.1) is 0 Å². The Morgan fingerprint density at radius 3 is 2.38 bits per heavy atom. The highest BCUT2D eigenvalue weighted by Gasteiger charge is 2.10. The minimum Gasteiger partial charge on any atom is -0.397 e. The Hall–Kier alpha value is -0.483. The summed E-state index contributed by atoms with van der Waals surface area (Å²) in [7, 11) is -1.47. The van der Waals surface area contributed by atoms with Crippen LogP contribution >= 0.6 is 0 Å². The van der Waals surface area contributed by atoms with Crippen molar-refractivity contribution >= 4 is 15.4 Å². The first-order valence-electron chi connectivity index (χ1n) is 4.62. The molecule has 0 aliphatic heterocycles. The summed E-state index contributed by atoms with van der Waals surface area (Å²) in [5.74, 6) is 0. The van der Waals surface area contributed by atoms with Gasteiger partial charge >= 0.3 is 9.28 Å². The van der Waals surface area contributed by atoms with Gasteiger partial charge in [-0.15, -0.1) is 0 Å².